The van der Waals surface area contributed by atoms with Crippen molar-refractivity contribution in [1.29, 1.82) is 0 Å². The van der Waals surface area contributed by atoms with E-state index in [0.717, 1.165) is 0 Å². The van der Waals surface area contributed by atoms with Crippen LogP contribution < -0.4 is 16.4 Å². The molecule has 19 heteroatoms. The molecule has 1 rings (SSSR count). The number of benzene rings is 1. The van der Waals surface area contributed by atoms with E-state index in [9.17, 15) is 34.2 Å². The lowest BCUT2D eigenvalue weighted by Gasteiger charge is -2.28. The maximum atomic E-state index is 13.1. The molecule has 0 aliphatic rings. The first kappa shape index (κ1) is 47.5. The highest BCUT2D eigenvalue weighted by molar-refractivity contribution is 6.92. The van der Waals surface area contributed by atoms with Crippen LogP contribution in [-0.2, 0) is 44.7 Å². The van der Waals surface area contributed by atoms with E-state index < -0.39 is 86.0 Å². The van der Waals surface area contributed by atoms with Crippen LogP contribution in [0.2, 0.25) is 0 Å². The summed E-state index contributed by atoms with van der Waals surface area (Å²) in [4.78, 5) is 62.3. The molecule has 0 heterocycles. The summed E-state index contributed by atoms with van der Waals surface area (Å²) in [5.74, 6) is -2.30. The number of aliphatic hydroxyl groups excluding tert-OH is 5. The minimum atomic E-state index is -1.79. The van der Waals surface area contributed by atoms with E-state index in [0.29, 0.717) is 12.1 Å². The maximum absolute atomic E-state index is 13.1. The Morgan fingerprint density at radius 1 is 0.633 bits per heavy atom. The van der Waals surface area contributed by atoms with Crippen molar-refractivity contribution < 1.29 is 73.2 Å². The molecule has 1 aromatic carbocycles. The van der Waals surface area contributed by atoms with Crippen LogP contribution in [0.5, 0.6) is 0 Å². The van der Waals surface area contributed by atoms with Crippen molar-refractivity contribution in [1.82, 2.24) is 10.6 Å². The van der Waals surface area contributed by atoms with Crippen LogP contribution in [0, 0.1) is 16.2 Å². The number of nitrogens with one attached hydrogen (secondary N) is 2. The van der Waals surface area contributed by atoms with Crippen LogP contribution in [0.25, 0.3) is 0 Å². The summed E-state index contributed by atoms with van der Waals surface area (Å²) in [5, 5.41) is 49.5. The Balaban J connectivity index is 0. The Kier molecular flexibility index (Phi) is 24.6. The smallest absolute Gasteiger partial charge is 0.508 e. The minimum Gasteiger partial charge on any atom is -0.577 e. The van der Waals surface area contributed by atoms with Gasteiger partial charge in [-0.25, -0.2) is 9.59 Å². The largest absolute Gasteiger partial charge is 0.577 e. The molecule has 0 aliphatic carbocycles. The van der Waals surface area contributed by atoms with E-state index in [-0.39, 0.29) is 49.4 Å². The Morgan fingerprint density at radius 3 is 1.33 bits per heavy atom. The average Bonchev–Trinajstić information content (AvgIpc) is 3.11. The Bertz CT molecular complexity index is 1080. The molecule has 18 nitrogen and oxygen atoms in total. The van der Waals surface area contributed by atoms with Crippen LogP contribution in [-0.4, -0.2) is 135 Å². The molecule has 0 fully saturated rings. The monoisotopic (exact) mass is 724 g/mol. The van der Waals surface area contributed by atoms with E-state index in [4.69, 9.17) is 44.7 Å². The van der Waals surface area contributed by atoms with Gasteiger partial charge in [-0.3, -0.25) is 14.4 Å². The molecule has 1 aromatic rings. The zero-order valence-electron chi connectivity index (χ0n) is 28.1. The van der Waals surface area contributed by atoms with Crippen molar-refractivity contribution in [2.75, 3.05) is 79.1 Å². The van der Waals surface area contributed by atoms with E-state index in [2.05, 4.69) is 10.6 Å². The molecular weight excluding hydrogens is 673 g/mol. The van der Waals surface area contributed by atoms with Crippen molar-refractivity contribution in [2.24, 2.45) is 22.0 Å². The van der Waals surface area contributed by atoms with Gasteiger partial charge in [0.15, 0.2) is 0 Å². The zero-order chi connectivity index (χ0) is 36.6. The number of nitrogens with two attached hydrogens (primary N) is 1. The predicted molar refractivity (Wildman–Crippen MR) is 175 cm³/mol. The topological polar surface area (TPSA) is 283 Å². The van der Waals surface area contributed by atoms with E-state index in [1.165, 1.54) is 20.8 Å². The zero-order valence-corrected chi connectivity index (χ0v) is 29.2. The normalized spacial score (nSPS) is 14.0. The number of carbonyl (C=O) groups excluding carboxylic acids is 5. The lowest BCUT2D eigenvalue weighted by Crippen LogP contribution is -2.46. The molecule has 49 heavy (non-hydrogen) atoms. The lowest BCUT2D eigenvalue weighted by atomic mass is 9.92. The van der Waals surface area contributed by atoms with Gasteiger partial charge >= 0.3 is 18.3 Å². The van der Waals surface area contributed by atoms with Crippen molar-refractivity contribution in [3.8, 4) is 0 Å². The minimum absolute atomic E-state index is 0. The summed E-state index contributed by atoms with van der Waals surface area (Å²) in [6, 6.07) is 8.64. The van der Waals surface area contributed by atoms with E-state index in [1.54, 1.807) is 30.3 Å². The highest BCUT2D eigenvalue weighted by atomic mass is 31.0. The molecule has 2 amide bonds. The first-order valence-electron chi connectivity index (χ1n) is 14.8. The fourth-order valence-corrected chi connectivity index (χ4v) is 3.14. The Labute approximate surface area is 288 Å². The molecule has 0 bridgehead atoms. The number of hydrogen-bond donors (Lipinski definition) is 8. The second-order valence-electron chi connectivity index (χ2n) is 11.2. The summed E-state index contributed by atoms with van der Waals surface area (Å²) in [6.07, 6.45) is -2.62. The van der Waals surface area contributed by atoms with Gasteiger partial charge in [-0.1, -0.05) is 30.3 Å². The van der Waals surface area contributed by atoms with Gasteiger partial charge in [0.05, 0.1) is 33.0 Å². The third-order valence-corrected chi connectivity index (χ3v) is 6.46. The van der Waals surface area contributed by atoms with Gasteiger partial charge in [-0.2, -0.15) is 0 Å². The van der Waals surface area contributed by atoms with Gasteiger partial charge in [-0.15, -0.1) is 0 Å². The van der Waals surface area contributed by atoms with Crippen LogP contribution in [0.15, 0.2) is 30.3 Å². The fraction of sp³-hybridized carbons (Fsp3) is 0.633. The number of carbonyl (C=O) groups is 5. The molecule has 0 saturated heterocycles. The quantitative estimate of drug-likeness (QED) is 0.0432. The van der Waals surface area contributed by atoms with Gasteiger partial charge in [0.2, 0.25) is 11.8 Å². The third kappa shape index (κ3) is 18.1. The van der Waals surface area contributed by atoms with Crippen molar-refractivity contribution in [2.45, 2.75) is 27.4 Å². The second-order valence-corrected chi connectivity index (χ2v) is 11.2. The molecule has 2 atom stereocenters. The summed E-state index contributed by atoms with van der Waals surface area (Å²) in [6.45, 7) is -0.649. The van der Waals surface area contributed by atoms with Crippen LogP contribution in [0.4, 0.5) is 9.59 Å². The summed E-state index contributed by atoms with van der Waals surface area (Å²) in [7, 11) is 0. The molecule has 0 aliphatic heterocycles. The van der Waals surface area contributed by atoms with Crippen molar-refractivity contribution in [3.63, 3.8) is 0 Å². The van der Waals surface area contributed by atoms with E-state index in [1.807, 2.05) is 0 Å². The van der Waals surface area contributed by atoms with Gasteiger partial charge in [-0.05, 0) is 26.3 Å². The molecule has 0 saturated carbocycles. The lowest BCUT2D eigenvalue weighted by molar-refractivity contribution is -0.162. The van der Waals surface area contributed by atoms with Crippen LogP contribution >= 0.6 is 9.90 Å². The number of amides is 2. The summed E-state index contributed by atoms with van der Waals surface area (Å²) >= 11 is 0. The molecule has 9 N–H and O–H groups in total. The van der Waals surface area contributed by atoms with Gasteiger partial charge in [0, 0.05) is 19.6 Å². The number of esters is 1. The SMILES string of the molecule is CC(CO)(COC(=O)OCC(C)(COC(=O)OCC(C)(CO)C(=O)NCCO)C(=O)OCc1ccccc1)C(=O)NCCO.NCCO.[PH2-]. The molecule has 0 radical (unpaired) electrons. The van der Waals surface area contributed by atoms with Crippen LogP contribution in [0.3, 0.4) is 0 Å². The average molecular weight is 725 g/mol. The maximum Gasteiger partial charge on any atom is 0.508 e. The number of ether oxygens (including phenoxy) is 5. The number of hydrogen-bond acceptors (Lipinski definition) is 16. The first-order chi connectivity index (χ1) is 22.7. The predicted octanol–water partition coefficient (Wildman–Crippen LogP) is -1.48. The number of aliphatic hydroxyl groups is 5. The van der Waals surface area contributed by atoms with Gasteiger partial charge in [0.1, 0.15) is 49.3 Å². The standard InChI is InChI=1S/C28H42N2O14.C2H7NO.H2P/c1-26(14-33,21(35)29-9-11-31)16-41-24(38)43-18-28(3,23(37)40-13-20-7-5-4-6-8-20)19-44-25(39)42-17-27(2,15-34)22(36)30-10-12-32;3-1-2-4;/h4-8,31-34H,9-19H2,1-3H3,(H,29,35)(H,30,36);4H,1-3H2;1H2/q;;-1. The molecule has 2 unspecified atom stereocenters. The third-order valence-electron chi connectivity index (χ3n) is 6.46. The Morgan fingerprint density at radius 2 is 1.00 bits per heavy atom. The highest BCUT2D eigenvalue weighted by Crippen LogP contribution is 2.23. The second kappa shape index (κ2) is 25.3. The van der Waals surface area contributed by atoms with Crippen molar-refractivity contribution >= 4 is 40.0 Å². The highest BCUT2D eigenvalue weighted by Gasteiger charge is 2.41. The molecular formula is C30H51N3O15P-. The molecule has 0 spiro atoms. The molecule has 0 aromatic heterocycles. The number of rotatable bonds is 20. The molecule has 282 valence electrons. The van der Waals surface area contributed by atoms with E-state index >= 15 is 0 Å². The van der Waals surface area contributed by atoms with Gasteiger partial charge in [0.25, 0.3) is 0 Å². The summed E-state index contributed by atoms with van der Waals surface area (Å²) < 4.78 is 25.4. The van der Waals surface area contributed by atoms with Gasteiger partial charge < -0.3 is 75.5 Å². The summed E-state index contributed by atoms with van der Waals surface area (Å²) in [5.41, 5.74) is 0.521. The van der Waals surface area contributed by atoms with Crippen molar-refractivity contribution in [3.05, 3.63) is 35.9 Å². The van der Waals surface area contributed by atoms with Crippen LogP contribution in [0.1, 0.15) is 26.3 Å². The Hall–Kier alpha value is -3.64. The fourth-order valence-electron chi connectivity index (χ4n) is 3.14. The first-order valence-corrected chi connectivity index (χ1v) is 14.8.